The molecule has 0 spiro atoms. The average molecular weight is 413 g/mol. The Morgan fingerprint density at radius 1 is 1.10 bits per heavy atom. The molecule has 2 nitrogen and oxygen atoms in total. The lowest BCUT2D eigenvalue weighted by atomic mass is 10.0. The molecule has 4 heteroatoms. The van der Waals surface area contributed by atoms with Gasteiger partial charge in [-0.15, -0.1) is 0 Å². The topological polar surface area (TPSA) is 21.3 Å². The van der Waals surface area contributed by atoms with Gasteiger partial charge in [-0.05, 0) is 54.4 Å². The Kier molecular flexibility index (Phi) is 5.85. The molecule has 0 heterocycles. The normalized spacial score (nSPS) is 11.0. The van der Waals surface area contributed by atoms with Gasteiger partial charge >= 0.3 is 0 Å². The third-order valence-corrected chi connectivity index (χ3v) is 4.44. The van der Waals surface area contributed by atoms with Gasteiger partial charge in [0, 0.05) is 15.5 Å². The van der Waals surface area contributed by atoms with Crippen molar-refractivity contribution >= 4 is 31.9 Å². The minimum atomic E-state index is 0.407. The molecular weight excluding hydrogens is 394 g/mol. The standard InChI is InChI=1S/C17H19Br2NO/c1-11(2)15-8-13(18)5-7-17(15)21-14-6-4-12(10-20-3)16(19)9-14/h4-9,11,20H,10H2,1-3H3. The predicted molar refractivity (Wildman–Crippen MR) is 95.2 cm³/mol. The van der Waals surface area contributed by atoms with Crippen LogP contribution in [0.1, 0.15) is 30.9 Å². The fraction of sp³-hybridized carbons (Fsp3) is 0.294. The first-order valence-corrected chi connectivity index (χ1v) is 8.50. The van der Waals surface area contributed by atoms with Gasteiger partial charge in [0.1, 0.15) is 11.5 Å². The van der Waals surface area contributed by atoms with Crippen molar-refractivity contribution in [2.24, 2.45) is 0 Å². The summed E-state index contributed by atoms with van der Waals surface area (Å²) < 4.78 is 8.20. The zero-order chi connectivity index (χ0) is 15.4. The number of rotatable bonds is 5. The smallest absolute Gasteiger partial charge is 0.130 e. The SMILES string of the molecule is CNCc1ccc(Oc2ccc(Br)cc2C(C)C)cc1Br. The highest BCUT2D eigenvalue weighted by molar-refractivity contribution is 9.10. The molecule has 0 radical (unpaired) electrons. The van der Waals surface area contributed by atoms with Crippen molar-refractivity contribution in [1.82, 2.24) is 5.32 Å². The molecular formula is C17H19Br2NO. The van der Waals surface area contributed by atoms with Crippen LogP contribution in [0.5, 0.6) is 11.5 Å². The molecule has 0 aliphatic heterocycles. The van der Waals surface area contributed by atoms with Gasteiger partial charge in [-0.3, -0.25) is 0 Å². The van der Waals surface area contributed by atoms with Gasteiger partial charge in [0.05, 0.1) is 0 Å². The van der Waals surface area contributed by atoms with E-state index in [1.807, 2.05) is 31.3 Å². The van der Waals surface area contributed by atoms with E-state index in [0.717, 1.165) is 27.0 Å². The monoisotopic (exact) mass is 411 g/mol. The van der Waals surface area contributed by atoms with Gasteiger partial charge in [-0.2, -0.15) is 0 Å². The second-order valence-corrected chi connectivity index (χ2v) is 6.99. The van der Waals surface area contributed by atoms with E-state index >= 15 is 0 Å². The molecule has 112 valence electrons. The van der Waals surface area contributed by atoms with Crippen LogP contribution in [0.4, 0.5) is 0 Å². The van der Waals surface area contributed by atoms with Crippen molar-refractivity contribution in [3.8, 4) is 11.5 Å². The first kappa shape index (κ1) is 16.5. The Morgan fingerprint density at radius 3 is 2.48 bits per heavy atom. The van der Waals surface area contributed by atoms with E-state index < -0.39 is 0 Å². The van der Waals surface area contributed by atoms with Crippen molar-refractivity contribution in [3.05, 3.63) is 56.5 Å². The number of hydrogen-bond donors (Lipinski definition) is 1. The van der Waals surface area contributed by atoms with Crippen LogP contribution in [0.25, 0.3) is 0 Å². The summed E-state index contributed by atoms with van der Waals surface area (Å²) in [6, 6.07) is 12.2. The lowest BCUT2D eigenvalue weighted by Gasteiger charge is -2.15. The predicted octanol–water partition coefficient (Wildman–Crippen LogP) is 5.85. The summed E-state index contributed by atoms with van der Waals surface area (Å²) in [7, 11) is 1.94. The Bertz CT molecular complexity index is 626. The summed E-state index contributed by atoms with van der Waals surface area (Å²) in [4.78, 5) is 0. The molecule has 0 unspecified atom stereocenters. The van der Waals surface area contributed by atoms with E-state index in [9.17, 15) is 0 Å². The number of hydrogen-bond acceptors (Lipinski definition) is 2. The maximum Gasteiger partial charge on any atom is 0.130 e. The minimum Gasteiger partial charge on any atom is -0.457 e. The Morgan fingerprint density at radius 2 is 1.86 bits per heavy atom. The first-order chi connectivity index (χ1) is 10.0. The van der Waals surface area contributed by atoms with Crippen molar-refractivity contribution in [1.29, 1.82) is 0 Å². The zero-order valence-corrected chi connectivity index (χ0v) is 15.6. The van der Waals surface area contributed by atoms with Crippen LogP contribution < -0.4 is 10.1 Å². The zero-order valence-electron chi connectivity index (χ0n) is 12.4. The van der Waals surface area contributed by atoms with Gasteiger partial charge in [-0.25, -0.2) is 0 Å². The minimum absolute atomic E-state index is 0.407. The Labute approximate surface area is 143 Å². The fourth-order valence-electron chi connectivity index (χ4n) is 2.12. The van der Waals surface area contributed by atoms with E-state index in [-0.39, 0.29) is 0 Å². The Balaban J connectivity index is 2.28. The molecule has 0 aliphatic rings. The van der Waals surface area contributed by atoms with Crippen molar-refractivity contribution < 1.29 is 4.74 Å². The molecule has 2 rings (SSSR count). The lowest BCUT2D eigenvalue weighted by molar-refractivity contribution is 0.472. The van der Waals surface area contributed by atoms with E-state index in [1.54, 1.807) is 0 Å². The lowest BCUT2D eigenvalue weighted by Crippen LogP contribution is -2.05. The van der Waals surface area contributed by atoms with Gasteiger partial charge in [0.2, 0.25) is 0 Å². The molecule has 2 aromatic rings. The molecule has 0 aliphatic carbocycles. The third kappa shape index (κ3) is 4.31. The molecule has 1 N–H and O–H groups in total. The van der Waals surface area contributed by atoms with Crippen LogP contribution in [-0.4, -0.2) is 7.05 Å². The van der Waals surface area contributed by atoms with Crippen molar-refractivity contribution in [3.63, 3.8) is 0 Å². The first-order valence-electron chi connectivity index (χ1n) is 6.91. The molecule has 0 amide bonds. The number of nitrogens with one attached hydrogen (secondary N) is 1. The highest BCUT2D eigenvalue weighted by Crippen LogP contribution is 2.34. The number of ether oxygens (including phenoxy) is 1. The molecule has 2 aromatic carbocycles. The second kappa shape index (κ2) is 7.43. The highest BCUT2D eigenvalue weighted by atomic mass is 79.9. The molecule has 0 fully saturated rings. The van der Waals surface area contributed by atoms with Gasteiger partial charge in [0.25, 0.3) is 0 Å². The molecule has 0 saturated carbocycles. The maximum absolute atomic E-state index is 6.07. The molecule has 0 aromatic heterocycles. The largest absolute Gasteiger partial charge is 0.457 e. The van der Waals surface area contributed by atoms with Gasteiger partial charge < -0.3 is 10.1 Å². The second-order valence-electron chi connectivity index (χ2n) is 5.22. The summed E-state index contributed by atoms with van der Waals surface area (Å²) in [6.45, 7) is 5.16. The summed E-state index contributed by atoms with van der Waals surface area (Å²) >= 11 is 7.11. The maximum atomic E-state index is 6.07. The van der Waals surface area contributed by atoms with Crippen molar-refractivity contribution in [2.45, 2.75) is 26.3 Å². The molecule has 0 atom stereocenters. The third-order valence-electron chi connectivity index (χ3n) is 3.21. The van der Waals surface area contributed by atoms with Crippen LogP contribution in [0, 0.1) is 0 Å². The van der Waals surface area contributed by atoms with Crippen LogP contribution in [0.3, 0.4) is 0 Å². The van der Waals surface area contributed by atoms with E-state index in [0.29, 0.717) is 5.92 Å². The number of benzene rings is 2. The van der Waals surface area contributed by atoms with Crippen molar-refractivity contribution in [2.75, 3.05) is 7.05 Å². The van der Waals surface area contributed by atoms with E-state index in [2.05, 4.69) is 63.2 Å². The van der Waals surface area contributed by atoms with Crippen LogP contribution in [-0.2, 0) is 6.54 Å². The quantitative estimate of drug-likeness (QED) is 0.665. The van der Waals surface area contributed by atoms with Crippen LogP contribution >= 0.6 is 31.9 Å². The summed E-state index contributed by atoms with van der Waals surface area (Å²) in [5.41, 5.74) is 2.41. The number of halogens is 2. The summed E-state index contributed by atoms with van der Waals surface area (Å²) in [5.74, 6) is 2.15. The molecule has 0 saturated heterocycles. The summed E-state index contributed by atoms with van der Waals surface area (Å²) in [6.07, 6.45) is 0. The van der Waals surface area contributed by atoms with Gasteiger partial charge in [-0.1, -0.05) is 51.8 Å². The molecule has 0 bridgehead atoms. The van der Waals surface area contributed by atoms with Gasteiger partial charge in [0.15, 0.2) is 0 Å². The summed E-state index contributed by atoms with van der Waals surface area (Å²) in [5, 5.41) is 3.15. The Hall–Kier alpha value is -0.840. The van der Waals surface area contributed by atoms with E-state index in [1.165, 1.54) is 11.1 Å². The average Bonchev–Trinajstić information content (AvgIpc) is 2.44. The van der Waals surface area contributed by atoms with Crippen LogP contribution in [0.2, 0.25) is 0 Å². The fourth-order valence-corrected chi connectivity index (χ4v) is 2.99. The van der Waals surface area contributed by atoms with Crippen LogP contribution in [0.15, 0.2) is 45.3 Å². The highest BCUT2D eigenvalue weighted by Gasteiger charge is 2.10. The van der Waals surface area contributed by atoms with E-state index in [4.69, 9.17) is 4.74 Å². The molecule has 21 heavy (non-hydrogen) atoms.